The molecule has 34 heavy (non-hydrogen) atoms. The molecule has 4 atom stereocenters. The number of nitrogens with one attached hydrogen (secondary N) is 1. The van der Waals surface area contributed by atoms with Gasteiger partial charge >= 0.3 is 6.09 Å². The molecule has 2 aliphatic heterocycles. The van der Waals surface area contributed by atoms with Gasteiger partial charge in [-0.25, -0.2) is 9.18 Å². The molecule has 2 aliphatic carbocycles. The number of methoxy groups -OCH3 is 1. The summed E-state index contributed by atoms with van der Waals surface area (Å²) in [5.74, 6) is 0.561. The highest BCUT2D eigenvalue weighted by atomic mass is 35.5. The molecular formula is C26H25Cl2FN2O3. The molecule has 0 fully saturated rings. The number of hydrogen-bond acceptors (Lipinski definition) is 4. The van der Waals surface area contributed by atoms with E-state index in [0.717, 1.165) is 16.3 Å². The number of fused-ring (bicyclic) bond motifs is 2. The van der Waals surface area contributed by atoms with Crippen LogP contribution < -0.4 is 10.1 Å². The summed E-state index contributed by atoms with van der Waals surface area (Å²) < 4.78 is 26.3. The molecule has 0 saturated heterocycles. The number of carbonyl (C=O) groups is 1. The smallest absolute Gasteiger partial charge is 0.415 e. The number of amides is 1. The van der Waals surface area contributed by atoms with Crippen LogP contribution in [-0.2, 0) is 4.74 Å². The van der Waals surface area contributed by atoms with Crippen LogP contribution in [0.15, 0.2) is 75.7 Å². The van der Waals surface area contributed by atoms with Crippen molar-refractivity contribution < 1.29 is 18.7 Å². The Labute approximate surface area is 208 Å². The molecule has 4 unspecified atom stereocenters. The number of nitrogens with zero attached hydrogens (tertiary/aromatic N) is 1. The minimum Gasteiger partial charge on any atom is -0.497 e. The maximum absolute atomic E-state index is 15.3. The van der Waals surface area contributed by atoms with E-state index >= 15 is 4.39 Å². The molecule has 0 bridgehead atoms. The van der Waals surface area contributed by atoms with Gasteiger partial charge in [-0.1, -0.05) is 42.3 Å². The molecule has 1 aromatic rings. The quantitative estimate of drug-likeness (QED) is 0.526. The number of allylic oxidation sites excluding steroid dienone is 6. The predicted molar refractivity (Wildman–Crippen MR) is 130 cm³/mol. The van der Waals surface area contributed by atoms with Gasteiger partial charge in [0.2, 0.25) is 0 Å². The molecule has 2 heterocycles. The Morgan fingerprint density at radius 2 is 2.09 bits per heavy atom. The van der Waals surface area contributed by atoms with Gasteiger partial charge in [-0.05, 0) is 48.8 Å². The lowest BCUT2D eigenvalue weighted by Crippen LogP contribution is -2.42. The summed E-state index contributed by atoms with van der Waals surface area (Å²) in [6, 6.07) is 4.06. The molecule has 8 heteroatoms. The first kappa shape index (κ1) is 23.1. The second kappa shape index (κ2) is 9.16. The van der Waals surface area contributed by atoms with Gasteiger partial charge in [0, 0.05) is 45.8 Å². The normalized spacial score (nSPS) is 27.8. The average Bonchev–Trinajstić information content (AvgIpc) is 3.18. The second-order valence-corrected chi connectivity index (χ2v) is 9.86. The first-order chi connectivity index (χ1) is 16.4. The van der Waals surface area contributed by atoms with Crippen molar-refractivity contribution in [3.8, 4) is 5.75 Å². The first-order valence-corrected chi connectivity index (χ1v) is 12.0. The van der Waals surface area contributed by atoms with E-state index in [1.165, 1.54) is 13.2 Å². The Morgan fingerprint density at radius 1 is 1.26 bits per heavy atom. The van der Waals surface area contributed by atoms with Gasteiger partial charge in [-0.3, -0.25) is 4.90 Å². The molecule has 1 aromatic carbocycles. The number of ether oxygens (including phenoxy) is 2. The minimum absolute atomic E-state index is 0.0145. The second-order valence-electron chi connectivity index (χ2n) is 8.93. The summed E-state index contributed by atoms with van der Waals surface area (Å²) in [4.78, 5) is 15.0. The van der Waals surface area contributed by atoms with Crippen LogP contribution >= 0.6 is 23.2 Å². The van der Waals surface area contributed by atoms with E-state index in [4.69, 9.17) is 32.7 Å². The van der Waals surface area contributed by atoms with Gasteiger partial charge in [0.05, 0.1) is 13.2 Å². The Balaban J connectivity index is 1.53. The summed E-state index contributed by atoms with van der Waals surface area (Å²) in [6.45, 7) is 2.35. The topological polar surface area (TPSA) is 50.8 Å². The van der Waals surface area contributed by atoms with E-state index < -0.39 is 18.0 Å². The van der Waals surface area contributed by atoms with Crippen LogP contribution in [0.5, 0.6) is 5.75 Å². The predicted octanol–water partition coefficient (Wildman–Crippen LogP) is 6.30. The van der Waals surface area contributed by atoms with E-state index in [9.17, 15) is 4.79 Å². The summed E-state index contributed by atoms with van der Waals surface area (Å²) in [5, 5.41) is 4.92. The van der Waals surface area contributed by atoms with Crippen molar-refractivity contribution in [1.29, 1.82) is 0 Å². The highest BCUT2D eigenvalue weighted by Crippen LogP contribution is 2.45. The van der Waals surface area contributed by atoms with Gasteiger partial charge < -0.3 is 14.8 Å². The number of rotatable bonds is 3. The number of halogens is 3. The third-order valence-electron chi connectivity index (χ3n) is 6.82. The van der Waals surface area contributed by atoms with Crippen LogP contribution in [0.25, 0.3) is 0 Å². The van der Waals surface area contributed by atoms with Crippen LogP contribution in [0.2, 0.25) is 0 Å². The highest BCUT2D eigenvalue weighted by Gasteiger charge is 2.44. The van der Waals surface area contributed by atoms with Crippen molar-refractivity contribution in [3.05, 3.63) is 87.1 Å². The average molecular weight is 503 g/mol. The van der Waals surface area contributed by atoms with Crippen molar-refractivity contribution in [2.45, 2.75) is 31.8 Å². The number of benzene rings is 1. The maximum Gasteiger partial charge on any atom is 0.415 e. The molecule has 5 nitrogen and oxygen atoms in total. The first-order valence-electron chi connectivity index (χ1n) is 11.3. The zero-order valence-electron chi connectivity index (χ0n) is 18.9. The summed E-state index contributed by atoms with van der Waals surface area (Å²) >= 11 is 12.4. The fourth-order valence-corrected chi connectivity index (χ4v) is 5.61. The molecule has 1 amide bonds. The van der Waals surface area contributed by atoms with Gasteiger partial charge in [-0.2, -0.15) is 0 Å². The van der Waals surface area contributed by atoms with Crippen LogP contribution in [0.4, 0.5) is 9.18 Å². The molecular weight excluding hydrogens is 478 g/mol. The largest absolute Gasteiger partial charge is 0.497 e. The van der Waals surface area contributed by atoms with Gasteiger partial charge in [0.15, 0.2) is 0 Å². The molecule has 0 radical (unpaired) electrons. The van der Waals surface area contributed by atoms with Gasteiger partial charge in [0.1, 0.15) is 23.4 Å². The molecule has 5 rings (SSSR count). The maximum atomic E-state index is 15.3. The standard InChI is InChI=1S/C26H25Cl2FN2O3/c1-14-11-15(27)4-8-23(14)34-26(32)31-10-9-18-20-12-16(28)3-7-22(20)30-24(18)25(31)19-6-5-17(33-2)13-21(19)29/h3-8,12-14,20,22,25,30H,9-11H2,1-2H3. The molecule has 0 aromatic heterocycles. The molecule has 1 N–H and O–H groups in total. The van der Waals surface area contributed by atoms with Crippen LogP contribution in [0, 0.1) is 17.7 Å². The van der Waals surface area contributed by atoms with Crippen molar-refractivity contribution in [2.24, 2.45) is 11.8 Å². The Bertz CT molecular complexity index is 1190. The van der Waals surface area contributed by atoms with Gasteiger partial charge in [0.25, 0.3) is 0 Å². The van der Waals surface area contributed by atoms with Crippen molar-refractivity contribution in [3.63, 3.8) is 0 Å². The van der Waals surface area contributed by atoms with Gasteiger partial charge in [-0.15, -0.1) is 0 Å². The zero-order chi connectivity index (χ0) is 24.0. The summed E-state index contributed by atoms with van der Waals surface area (Å²) in [6.07, 6.45) is 10.1. The lowest BCUT2D eigenvalue weighted by Gasteiger charge is -2.37. The SMILES string of the molecule is COc1ccc(C2C3=C(CCN2C(=O)OC2=CC=C(Cl)CC2C)C2C=C(Cl)C=CC2N3)c(F)c1. The minimum atomic E-state index is -0.660. The molecule has 0 spiro atoms. The third kappa shape index (κ3) is 4.14. The summed E-state index contributed by atoms with van der Waals surface area (Å²) in [7, 11) is 1.49. The Kier molecular flexibility index (Phi) is 6.21. The molecule has 4 aliphatic rings. The molecule has 178 valence electrons. The lowest BCUT2D eigenvalue weighted by atomic mass is 9.85. The van der Waals surface area contributed by atoms with Crippen molar-refractivity contribution in [1.82, 2.24) is 10.2 Å². The lowest BCUT2D eigenvalue weighted by molar-refractivity contribution is 0.103. The Hall–Kier alpha value is -2.70. The fraction of sp³-hybridized carbons (Fsp3) is 0.346. The van der Waals surface area contributed by atoms with E-state index in [1.54, 1.807) is 29.2 Å². The fourth-order valence-electron chi connectivity index (χ4n) is 5.10. The van der Waals surface area contributed by atoms with E-state index in [2.05, 4.69) is 5.32 Å². The van der Waals surface area contributed by atoms with E-state index in [0.29, 0.717) is 41.5 Å². The zero-order valence-corrected chi connectivity index (χ0v) is 20.4. The third-order valence-corrected chi connectivity index (χ3v) is 7.36. The molecule has 0 saturated carbocycles. The highest BCUT2D eigenvalue weighted by molar-refractivity contribution is 6.31. The van der Waals surface area contributed by atoms with E-state index in [1.807, 2.05) is 25.2 Å². The monoisotopic (exact) mass is 502 g/mol. The Morgan fingerprint density at radius 3 is 2.82 bits per heavy atom. The van der Waals surface area contributed by atoms with Crippen molar-refractivity contribution >= 4 is 29.3 Å². The van der Waals surface area contributed by atoms with Crippen LogP contribution in [0.3, 0.4) is 0 Å². The van der Waals surface area contributed by atoms with Crippen LogP contribution in [0.1, 0.15) is 31.4 Å². The van der Waals surface area contributed by atoms with E-state index in [-0.39, 0.29) is 17.9 Å². The number of hydrogen-bond donors (Lipinski definition) is 1. The number of carbonyl (C=O) groups excluding carboxylic acids is 1. The van der Waals surface area contributed by atoms with Crippen LogP contribution in [-0.4, -0.2) is 30.7 Å². The summed E-state index contributed by atoms with van der Waals surface area (Å²) in [5.41, 5.74) is 2.34. The van der Waals surface area contributed by atoms with Crippen molar-refractivity contribution in [2.75, 3.05) is 13.7 Å².